The molecule has 1 atom stereocenters. The van der Waals surface area contributed by atoms with Crippen molar-refractivity contribution >= 4 is 29.8 Å². The van der Waals surface area contributed by atoms with Gasteiger partial charge in [-0.1, -0.05) is 31.8 Å². The molecule has 1 aromatic rings. The maximum absolute atomic E-state index is 4.88. The average molecular weight is 292 g/mol. The summed E-state index contributed by atoms with van der Waals surface area (Å²) in [6.07, 6.45) is 5.08. The van der Waals surface area contributed by atoms with Crippen LogP contribution in [0.2, 0.25) is 19.6 Å². The lowest BCUT2D eigenvalue weighted by Gasteiger charge is -2.28. The van der Waals surface area contributed by atoms with E-state index in [9.17, 15) is 0 Å². The van der Waals surface area contributed by atoms with Crippen LogP contribution >= 0.6 is 11.2 Å². The first-order chi connectivity index (χ1) is 8.92. The highest BCUT2D eigenvalue weighted by atomic mass is 32.4. The van der Waals surface area contributed by atoms with Crippen LogP contribution in [0.5, 0.6) is 0 Å². The molecule has 0 amide bonds. The van der Waals surface area contributed by atoms with Crippen molar-refractivity contribution in [3.63, 3.8) is 0 Å². The van der Waals surface area contributed by atoms with Gasteiger partial charge in [-0.05, 0) is 50.3 Å². The summed E-state index contributed by atoms with van der Waals surface area (Å²) in [5.41, 5.74) is 3.84. The zero-order chi connectivity index (χ0) is 13.9. The molecule has 1 aliphatic rings. The number of rotatable bonds is 3. The van der Waals surface area contributed by atoms with E-state index in [4.69, 9.17) is 4.99 Å². The SMILES string of the molecule is Cc1cccc(N=C2CCCC(S[Si](C)(C)C)C2)c1. The van der Waals surface area contributed by atoms with Gasteiger partial charge in [0.25, 0.3) is 0 Å². The molecular formula is C16H25NSSi. The third-order valence-electron chi connectivity index (χ3n) is 3.26. The second-order valence-corrected chi connectivity index (χ2v) is 16.0. The number of nitrogens with zero attached hydrogens (tertiary/aromatic N) is 1. The Hall–Kier alpha value is -0.543. The molecule has 0 radical (unpaired) electrons. The molecule has 1 nitrogen and oxygen atoms in total. The highest BCUT2D eigenvalue weighted by Crippen LogP contribution is 2.34. The van der Waals surface area contributed by atoms with E-state index in [0.717, 1.165) is 10.9 Å². The van der Waals surface area contributed by atoms with Gasteiger partial charge in [0.2, 0.25) is 0 Å². The largest absolute Gasteiger partial charge is 0.258 e. The molecule has 1 saturated carbocycles. The molecule has 0 spiro atoms. The fourth-order valence-corrected chi connectivity index (χ4v) is 7.75. The van der Waals surface area contributed by atoms with Crippen molar-refractivity contribution in [2.24, 2.45) is 4.99 Å². The Balaban J connectivity index is 2.04. The van der Waals surface area contributed by atoms with Gasteiger partial charge in [0.05, 0.1) is 5.69 Å². The Bertz CT molecular complexity index is 462. The van der Waals surface area contributed by atoms with Crippen LogP contribution in [0.4, 0.5) is 5.69 Å². The number of benzene rings is 1. The molecule has 19 heavy (non-hydrogen) atoms. The summed E-state index contributed by atoms with van der Waals surface area (Å²) < 4.78 is 0. The first-order valence-corrected chi connectivity index (χ1v) is 12.3. The molecule has 0 heterocycles. The zero-order valence-electron chi connectivity index (χ0n) is 12.6. The van der Waals surface area contributed by atoms with Crippen molar-refractivity contribution in [3.8, 4) is 0 Å². The van der Waals surface area contributed by atoms with Crippen LogP contribution in [0.3, 0.4) is 0 Å². The second-order valence-electron chi connectivity index (χ2n) is 6.47. The van der Waals surface area contributed by atoms with Gasteiger partial charge in [-0.25, -0.2) is 0 Å². The number of aryl methyl sites for hydroxylation is 1. The molecule has 0 aromatic heterocycles. The summed E-state index contributed by atoms with van der Waals surface area (Å²) in [5.74, 6) is 0. The summed E-state index contributed by atoms with van der Waals surface area (Å²) in [4.78, 5) is 4.88. The van der Waals surface area contributed by atoms with E-state index >= 15 is 0 Å². The number of aliphatic imine (C=N–C) groups is 1. The molecule has 3 heteroatoms. The molecule has 1 aromatic carbocycles. The summed E-state index contributed by atoms with van der Waals surface area (Å²) in [7, 11) is -1.01. The van der Waals surface area contributed by atoms with Crippen LogP contribution in [0, 0.1) is 6.92 Å². The van der Waals surface area contributed by atoms with Crippen LogP contribution in [-0.4, -0.2) is 18.2 Å². The highest BCUT2D eigenvalue weighted by molar-refractivity contribution is 8.29. The smallest absolute Gasteiger partial charge is 0.108 e. The maximum atomic E-state index is 4.88. The summed E-state index contributed by atoms with van der Waals surface area (Å²) >= 11 is 2.25. The Morgan fingerprint density at radius 3 is 2.74 bits per heavy atom. The van der Waals surface area contributed by atoms with Crippen LogP contribution in [0.1, 0.15) is 31.2 Å². The monoisotopic (exact) mass is 291 g/mol. The molecule has 0 saturated heterocycles. The Labute approximate surface area is 122 Å². The van der Waals surface area contributed by atoms with Crippen molar-refractivity contribution in [2.45, 2.75) is 57.5 Å². The molecule has 0 aliphatic heterocycles. The van der Waals surface area contributed by atoms with Crippen molar-refractivity contribution in [3.05, 3.63) is 29.8 Å². The van der Waals surface area contributed by atoms with E-state index in [2.05, 4.69) is 62.0 Å². The summed E-state index contributed by atoms with van der Waals surface area (Å²) in [5, 5.41) is 0.809. The van der Waals surface area contributed by atoms with Gasteiger partial charge in [0.15, 0.2) is 0 Å². The van der Waals surface area contributed by atoms with E-state index in [-0.39, 0.29) is 0 Å². The maximum Gasteiger partial charge on any atom is 0.108 e. The predicted molar refractivity (Wildman–Crippen MR) is 91.5 cm³/mol. The third kappa shape index (κ3) is 5.15. The van der Waals surface area contributed by atoms with Crippen LogP contribution in [0.15, 0.2) is 29.3 Å². The first kappa shape index (κ1) is 14.9. The fourth-order valence-electron chi connectivity index (χ4n) is 2.58. The average Bonchev–Trinajstić information content (AvgIpc) is 2.27. The lowest BCUT2D eigenvalue weighted by Crippen LogP contribution is -2.25. The normalized spacial score (nSPS) is 22.7. The Kier molecular flexibility index (Phi) is 4.90. The quantitative estimate of drug-likeness (QED) is 0.662. The van der Waals surface area contributed by atoms with Crippen molar-refractivity contribution in [1.29, 1.82) is 0 Å². The second kappa shape index (κ2) is 6.27. The molecule has 0 N–H and O–H groups in total. The van der Waals surface area contributed by atoms with Crippen molar-refractivity contribution < 1.29 is 0 Å². The highest BCUT2D eigenvalue weighted by Gasteiger charge is 2.25. The lowest BCUT2D eigenvalue weighted by molar-refractivity contribution is 0.683. The van der Waals surface area contributed by atoms with Gasteiger partial charge in [0, 0.05) is 11.0 Å². The van der Waals surface area contributed by atoms with E-state index < -0.39 is 7.22 Å². The van der Waals surface area contributed by atoms with Gasteiger partial charge in [-0.3, -0.25) is 4.99 Å². The first-order valence-electron chi connectivity index (χ1n) is 7.23. The summed E-state index contributed by atoms with van der Waals surface area (Å²) in [6.45, 7) is 9.48. The molecule has 104 valence electrons. The van der Waals surface area contributed by atoms with Gasteiger partial charge in [-0.15, -0.1) is 0 Å². The van der Waals surface area contributed by atoms with E-state index in [0.29, 0.717) is 0 Å². The molecule has 2 rings (SSSR count). The van der Waals surface area contributed by atoms with Gasteiger partial charge < -0.3 is 0 Å². The van der Waals surface area contributed by atoms with Crippen molar-refractivity contribution in [1.82, 2.24) is 0 Å². The predicted octanol–water partition coefficient (Wildman–Crippen LogP) is 5.58. The van der Waals surface area contributed by atoms with Gasteiger partial charge >= 0.3 is 0 Å². The van der Waals surface area contributed by atoms with Crippen LogP contribution < -0.4 is 0 Å². The van der Waals surface area contributed by atoms with Gasteiger partial charge in [0.1, 0.15) is 7.22 Å². The minimum absolute atomic E-state index is 0.809. The van der Waals surface area contributed by atoms with Crippen LogP contribution in [0.25, 0.3) is 0 Å². The zero-order valence-corrected chi connectivity index (χ0v) is 14.4. The molecule has 0 bridgehead atoms. The molecule has 1 fully saturated rings. The van der Waals surface area contributed by atoms with E-state index in [1.807, 2.05) is 0 Å². The molecular weight excluding hydrogens is 266 g/mol. The Morgan fingerprint density at radius 1 is 1.26 bits per heavy atom. The van der Waals surface area contributed by atoms with Crippen molar-refractivity contribution in [2.75, 3.05) is 0 Å². The summed E-state index contributed by atoms with van der Waals surface area (Å²) in [6, 6.07) is 8.54. The number of hydrogen-bond acceptors (Lipinski definition) is 2. The third-order valence-corrected chi connectivity index (χ3v) is 7.83. The van der Waals surface area contributed by atoms with Gasteiger partial charge in [-0.2, -0.15) is 11.2 Å². The minimum atomic E-state index is -1.01. The fraction of sp³-hybridized carbons (Fsp3) is 0.562. The molecule has 1 aliphatic carbocycles. The van der Waals surface area contributed by atoms with Crippen LogP contribution in [-0.2, 0) is 0 Å². The number of hydrogen-bond donors (Lipinski definition) is 0. The topological polar surface area (TPSA) is 12.4 Å². The molecule has 1 unspecified atom stereocenters. The van der Waals surface area contributed by atoms with E-state index in [1.54, 1.807) is 0 Å². The Morgan fingerprint density at radius 2 is 2.05 bits per heavy atom. The standard InChI is InChI=1S/C16H25NSSi/c1-13-7-5-8-14(11-13)17-15-9-6-10-16(12-15)18-19(2,3)4/h5,7-8,11,16H,6,9-10,12H2,1-4H3. The van der Waals surface area contributed by atoms with E-state index in [1.165, 1.54) is 37.0 Å². The minimum Gasteiger partial charge on any atom is -0.258 e. The lowest BCUT2D eigenvalue weighted by atomic mass is 9.98.